The Balaban J connectivity index is 2.17. The molecule has 1 atom stereocenters. The molecule has 0 fully saturated rings. The van der Waals surface area contributed by atoms with Crippen LogP contribution in [0.3, 0.4) is 0 Å². The molecule has 2 aromatic carbocycles. The summed E-state index contributed by atoms with van der Waals surface area (Å²) >= 11 is 0. The molecule has 0 radical (unpaired) electrons. The number of ether oxygens (including phenoxy) is 1. The first-order chi connectivity index (χ1) is 10.2. The second-order valence-electron chi connectivity index (χ2n) is 4.57. The quantitative estimate of drug-likeness (QED) is 0.731. The Kier molecular flexibility index (Phi) is 4.79. The number of aliphatic hydroxyl groups excluding tert-OH is 1. The van der Waals surface area contributed by atoms with E-state index in [0.29, 0.717) is 17.0 Å². The molecule has 0 heterocycles. The van der Waals surface area contributed by atoms with E-state index in [9.17, 15) is 9.90 Å². The van der Waals surface area contributed by atoms with Crippen molar-refractivity contribution < 1.29 is 14.6 Å². The van der Waals surface area contributed by atoms with Crippen molar-refractivity contribution in [1.82, 2.24) is 5.32 Å². The summed E-state index contributed by atoms with van der Waals surface area (Å²) in [6.45, 7) is -0.189. The number of rotatable bonds is 5. The van der Waals surface area contributed by atoms with E-state index in [-0.39, 0.29) is 12.5 Å². The molecular weight excluding hydrogens is 268 g/mol. The smallest absolute Gasteiger partial charge is 0.253 e. The first-order valence-electron chi connectivity index (χ1n) is 6.56. The molecule has 0 aromatic heterocycles. The van der Waals surface area contributed by atoms with Gasteiger partial charge in [-0.3, -0.25) is 4.79 Å². The molecule has 5 heteroatoms. The predicted molar refractivity (Wildman–Crippen MR) is 81.1 cm³/mol. The van der Waals surface area contributed by atoms with Crippen LogP contribution in [0.4, 0.5) is 5.69 Å². The molecule has 4 N–H and O–H groups in total. The molecule has 1 amide bonds. The monoisotopic (exact) mass is 286 g/mol. The molecule has 0 bridgehead atoms. The Hall–Kier alpha value is -2.53. The van der Waals surface area contributed by atoms with Gasteiger partial charge in [0.2, 0.25) is 0 Å². The van der Waals surface area contributed by atoms with Crippen molar-refractivity contribution in [2.24, 2.45) is 0 Å². The molecule has 21 heavy (non-hydrogen) atoms. The van der Waals surface area contributed by atoms with Gasteiger partial charge in [0.05, 0.1) is 25.3 Å². The zero-order chi connectivity index (χ0) is 15.2. The number of nitrogens with two attached hydrogens (primary N) is 1. The molecule has 0 unspecified atom stereocenters. The molecule has 0 aliphatic rings. The highest BCUT2D eigenvalue weighted by Crippen LogP contribution is 2.20. The van der Waals surface area contributed by atoms with Crippen LogP contribution in [0.5, 0.6) is 5.75 Å². The number of amides is 1. The molecule has 0 saturated carbocycles. The van der Waals surface area contributed by atoms with Gasteiger partial charge in [0.1, 0.15) is 5.75 Å². The van der Waals surface area contributed by atoms with Crippen LogP contribution in [0.15, 0.2) is 48.5 Å². The largest absolute Gasteiger partial charge is 0.497 e. The molecule has 0 spiro atoms. The van der Waals surface area contributed by atoms with Crippen molar-refractivity contribution in [3.8, 4) is 5.75 Å². The van der Waals surface area contributed by atoms with E-state index in [1.54, 1.807) is 18.2 Å². The first kappa shape index (κ1) is 14.9. The number of nitrogen functional groups attached to an aromatic ring is 1. The summed E-state index contributed by atoms with van der Waals surface area (Å²) in [6, 6.07) is 13.7. The van der Waals surface area contributed by atoms with Gasteiger partial charge >= 0.3 is 0 Å². The van der Waals surface area contributed by atoms with Gasteiger partial charge in [-0.05, 0) is 17.7 Å². The highest BCUT2D eigenvalue weighted by molar-refractivity contribution is 5.99. The van der Waals surface area contributed by atoms with E-state index in [0.717, 1.165) is 5.56 Å². The Morgan fingerprint density at radius 2 is 2.00 bits per heavy atom. The van der Waals surface area contributed by atoms with Gasteiger partial charge in [-0.15, -0.1) is 0 Å². The van der Waals surface area contributed by atoms with Crippen LogP contribution in [-0.2, 0) is 0 Å². The lowest BCUT2D eigenvalue weighted by Crippen LogP contribution is -2.31. The van der Waals surface area contributed by atoms with Gasteiger partial charge < -0.3 is 20.9 Å². The van der Waals surface area contributed by atoms with E-state index in [2.05, 4.69) is 5.32 Å². The number of hydrogen-bond acceptors (Lipinski definition) is 4. The summed E-state index contributed by atoms with van der Waals surface area (Å²) in [7, 11) is 1.53. The standard InChI is InChI=1S/C16H18N2O3/c1-21-12-7-8-13(14(17)9-12)16(20)18-15(10-19)11-5-3-2-4-6-11/h2-9,15,19H,10,17H2,1H3,(H,18,20)/t15-/m1/s1. The zero-order valence-corrected chi connectivity index (χ0v) is 11.7. The Labute approximate surface area is 123 Å². The van der Waals surface area contributed by atoms with Gasteiger partial charge in [0.15, 0.2) is 0 Å². The molecule has 2 rings (SSSR count). The number of carbonyl (C=O) groups excluding carboxylic acids is 1. The van der Waals surface area contributed by atoms with Crippen molar-refractivity contribution in [3.63, 3.8) is 0 Å². The van der Waals surface area contributed by atoms with Crippen LogP contribution in [0.1, 0.15) is 22.0 Å². The van der Waals surface area contributed by atoms with E-state index in [1.807, 2.05) is 30.3 Å². The summed E-state index contributed by atoms with van der Waals surface area (Å²) < 4.78 is 5.05. The van der Waals surface area contributed by atoms with Crippen LogP contribution in [0.2, 0.25) is 0 Å². The number of aliphatic hydroxyl groups is 1. The van der Waals surface area contributed by atoms with Crippen molar-refractivity contribution in [3.05, 3.63) is 59.7 Å². The number of anilines is 1. The maximum absolute atomic E-state index is 12.3. The van der Waals surface area contributed by atoms with Gasteiger partial charge in [0, 0.05) is 11.8 Å². The fourth-order valence-electron chi connectivity index (χ4n) is 2.03. The molecular formula is C16H18N2O3. The third kappa shape index (κ3) is 3.52. The topological polar surface area (TPSA) is 84.6 Å². The number of hydrogen-bond donors (Lipinski definition) is 3. The molecule has 0 aliphatic heterocycles. The van der Waals surface area contributed by atoms with Crippen molar-refractivity contribution >= 4 is 11.6 Å². The van der Waals surface area contributed by atoms with Gasteiger partial charge in [-0.1, -0.05) is 30.3 Å². The number of carbonyl (C=O) groups is 1. The van der Waals surface area contributed by atoms with Crippen molar-refractivity contribution in [2.75, 3.05) is 19.5 Å². The number of benzene rings is 2. The van der Waals surface area contributed by atoms with Gasteiger partial charge in [0.25, 0.3) is 5.91 Å². The molecule has 2 aromatic rings. The Morgan fingerprint density at radius 3 is 2.57 bits per heavy atom. The van der Waals surface area contributed by atoms with Crippen LogP contribution in [0, 0.1) is 0 Å². The van der Waals surface area contributed by atoms with E-state index in [1.165, 1.54) is 7.11 Å². The Bertz CT molecular complexity index is 614. The van der Waals surface area contributed by atoms with Crippen LogP contribution >= 0.6 is 0 Å². The normalized spacial score (nSPS) is 11.7. The predicted octanol–water partition coefficient (Wildman–Crippen LogP) is 1.74. The molecule has 110 valence electrons. The molecule has 0 saturated heterocycles. The van der Waals surface area contributed by atoms with Gasteiger partial charge in [-0.2, -0.15) is 0 Å². The Morgan fingerprint density at radius 1 is 1.29 bits per heavy atom. The van der Waals surface area contributed by atoms with Crippen molar-refractivity contribution in [1.29, 1.82) is 0 Å². The van der Waals surface area contributed by atoms with Crippen LogP contribution in [-0.4, -0.2) is 24.7 Å². The second kappa shape index (κ2) is 6.76. The SMILES string of the molecule is COc1ccc(C(=O)N[C@H](CO)c2ccccc2)c(N)c1. The number of methoxy groups -OCH3 is 1. The lowest BCUT2D eigenvalue weighted by Gasteiger charge is -2.17. The fraction of sp³-hybridized carbons (Fsp3) is 0.188. The van der Waals surface area contributed by atoms with E-state index in [4.69, 9.17) is 10.5 Å². The third-order valence-corrected chi connectivity index (χ3v) is 3.19. The lowest BCUT2D eigenvalue weighted by atomic mass is 10.1. The minimum Gasteiger partial charge on any atom is -0.497 e. The highest BCUT2D eigenvalue weighted by atomic mass is 16.5. The minimum absolute atomic E-state index is 0.189. The molecule has 5 nitrogen and oxygen atoms in total. The van der Waals surface area contributed by atoms with E-state index < -0.39 is 6.04 Å². The lowest BCUT2D eigenvalue weighted by molar-refractivity contribution is 0.0917. The maximum Gasteiger partial charge on any atom is 0.253 e. The second-order valence-corrected chi connectivity index (χ2v) is 4.57. The molecule has 0 aliphatic carbocycles. The fourth-order valence-corrected chi connectivity index (χ4v) is 2.03. The maximum atomic E-state index is 12.3. The summed E-state index contributed by atoms with van der Waals surface area (Å²) in [5.74, 6) is 0.254. The van der Waals surface area contributed by atoms with Crippen molar-refractivity contribution in [2.45, 2.75) is 6.04 Å². The average Bonchev–Trinajstić information content (AvgIpc) is 2.53. The summed E-state index contributed by atoms with van der Waals surface area (Å²) in [4.78, 5) is 12.3. The zero-order valence-electron chi connectivity index (χ0n) is 11.7. The minimum atomic E-state index is -0.472. The average molecular weight is 286 g/mol. The number of nitrogens with one attached hydrogen (secondary N) is 1. The first-order valence-corrected chi connectivity index (χ1v) is 6.56. The van der Waals surface area contributed by atoms with Crippen LogP contribution in [0.25, 0.3) is 0 Å². The summed E-state index contributed by atoms with van der Waals surface area (Å²) in [6.07, 6.45) is 0. The van der Waals surface area contributed by atoms with Crippen LogP contribution < -0.4 is 15.8 Å². The van der Waals surface area contributed by atoms with Gasteiger partial charge in [-0.25, -0.2) is 0 Å². The summed E-state index contributed by atoms with van der Waals surface area (Å²) in [5, 5.41) is 12.2. The van der Waals surface area contributed by atoms with E-state index >= 15 is 0 Å². The third-order valence-electron chi connectivity index (χ3n) is 3.19. The highest BCUT2D eigenvalue weighted by Gasteiger charge is 2.16. The summed E-state index contributed by atoms with van der Waals surface area (Å²) in [5.41, 5.74) is 7.37.